The molecule has 1 rings (SSSR count). The van der Waals surface area contributed by atoms with E-state index in [0.29, 0.717) is 12.8 Å². The molecule has 6 heteroatoms. The summed E-state index contributed by atoms with van der Waals surface area (Å²) in [5.74, 6) is 2.00. The van der Waals surface area contributed by atoms with E-state index in [1.807, 2.05) is 25.6 Å². The van der Waals surface area contributed by atoms with Gasteiger partial charge in [0.1, 0.15) is 5.41 Å². The van der Waals surface area contributed by atoms with Crippen LogP contribution in [-0.2, 0) is 4.79 Å². The highest BCUT2D eigenvalue weighted by atomic mass is 32.2. The summed E-state index contributed by atoms with van der Waals surface area (Å²) >= 11 is 1.85. The molecular weight excluding hydrogens is 262 g/mol. The van der Waals surface area contributed by atoms with E-state index in [9.17, 15) is 4.79 Å². The summed E-state index contributed by atoms with van der Waals surface area (Å²) in [7, 11) is 0. The maximum atomic E-state index is 12.6. The van der Waals surface area contributed by atoms with Crippen molar-refractivity contribution in [2.75, 3.05) is 11.5 Å². The molecule has 1 atom stereocenters. The van der Waals surface area contributed by atoms with E-state index in [2.05, 4.69) is 10.5 Å². The number of carbonyl (C=O) groups is 1. The van der Waals surface area contributed by atoms with Gasteiger partial charge >= 0.3 is 0 Å². The minimum absolute atomic E-state index is 0.0411. The van der Waals surface area contributed by atoms with Crippen molar-refractivity contribution in [3.05, 3.63) is 0 Å². The Labute approximate surface area is 119 Å². The van der Waals surface area contributed by atoms with Crippen LogP contribution in [0.1, 0.15) is 46.0 Å². The first kappa shape index (κ1) is 16.1. The highest BCUT2D eigenvalue weighted by molar-refractivity contribution is 7.99. The van der Waals surface area contributed by atoms with E-state index in [1.54, 1.807) is 0 Å². The molecule has 4 N–H and O–H groups in total. The van der Waals surface area contributed by atoms with Crippen molar-refractivity contribution in [1.29, 1.82) is 0 Å². The number of nitrogens with two attached hydrogens (primary N) is 1. The van der Waals surface area contributed by atoms with Crippen molar-refractivity contribution >= 4 is 23.5 Å². The quantitative estimate of drug-likeness (QED) is 0.289. The Kier molecular flexibility index (Phi) is 6.48. The molecule has 0 aromatic carbocycles. The average molecular weight is 287 g/mol. The monoisotopic (exact) mass is 287 g/mol. The van der Waals surface area contributed by atoms with E-state index >= 15 is 0 Å². The predicted octanol–water partition coefficient (Wildman–Crippen LogP) is 1.94. The second kappa shape index (κ2) is 7.62. The number of amides is 1. The smallest absolute Gasteiger partial charge is 0.234 e. The van der Waals surface area contributed by atoms with Crippen LogP contribution in [-0.4, -0.2) is 34.5 Å². The zero-order valence-electron chi connectivity index (χ0n) is 11.8. The Balaban J connectivity index is 2.88. The summed E-state index contributed by atoms with van der Waals surface area (Å²) < 4.78 is 0. The third-order valence-electron chi connectivity index (χ3n) is 3.65. The predicted molar refractivity (Wildman–Crippen MR) is 79.5 cm³/mol. The van der Waals surface area contributed by atoms with Crippen molar-refractivity contribution < 1.29 is 10.0 Å². The van der Waals surface area contributed by atoms with E-state index in [1.165, 1.54) is 0 Å². The minimum atomic E-state index is -0.856. The summed E-state index contributed by atoms with van der Waals surface area (Å²) in [5, 5.41) is 15.2. The van der Waals surface area contributed by atoms with Gasteiger partial charge in [0.25, 0.3) is 0 Å². The molecular formula is C13H25N3O2S. The summed E-state index contributed by atoms with van der Waals surface area (Å²) in [6.07, 6.45) is 3.87. The van der Waals surface area contributed by atoms with Crippen molar-refractivity contribution in [3.63, 3.8) is 0 Å². The maximum Gasteiger partial charge on any atom is 0.234 e. The highest BCUT2D eigenvalue weighted by Crippen LogP contribution is 2.31. The number of thioether (sulfide) groups is 1. The van der Waals surface area contributed by atoms with Crippen LogP contribution >= 0.6 is 11.8 Å². The van der Waals surface area contributed by atoms with Gasteiger partial charge in [-0.25, -0.2) is 0 Å². The van der Waals surface area contributed by atoms with Gasteiger partial charge in [-0.3, -0.25) is 4.79 Å². The normalized spacial score (nSPS) is 20.5. The molecule has 1 heterocycles. The molecule has 0 aromatic heterocycles. The lowest BCUT2D eigenvalue weighted by Gasteiger charge is -2.31. The Bertz CT molecular complexity index is 322. The zero-order valence-corrected chi connectivity index (χ0v) is 12.6. The van der Waals surface area contributed by atoms with Crippen LogP contribution in [0.3, 0.4) is 0 Å². The summed E-state index contributed by atoms with van der Waals surface area (Å²) in [5.41, 5.74) is 4.98. The summed E-state index contributed by atoms with van der Waals surface area (Å²) in [6, 6.07) is 0.220. The second-order valence-electron chi connectivity index (χ2n) is 5.10. The third kappa shape index (κ3) is 3.78. The maximum absolute atomic E-state index is 12.6. The second-order valence-corrected chi connectivity index (χ2v) is 6.25. The van der Waals surface area contributed by atoms with Crippen LogP contribution < -0.4 is 11.1 Å². The Hall–Kier alpha value is -0.910. The van der Waals surface area contributed by atoms with Crippen LogP contribution in [0.5, 0.6) is 0 Å². The van der Waals surface area contributed by atoms with Gasteiger partial charge in [0, 0.05) is 11.8 Å². The molecule has 1 amide bonds. The molecule has 0 aliphatic carbocycles. The molecule has 0 bridgehead atoms. The first-order chi connectivity index (χ1) is 9.10. The van der Waals surface area contributed by atoms with Crippen molar-refractivity contribution in [1.82, 2.24) is 5.32 Å². The van der Waals surface area contributed by atoms with Gasteiger partial charge in [0.15, 0.2) is 5.84 Å². The molecule has 1 saturated heterocycles. The SMILES string of the molecule is CCCC(CCC)(C(=O)NC1CCSC1)C(N)=NO. The van der Waals surface area contributed by atoms with Crippen LogP contribution in [0, 0.1) is 5.41 Å². The molecule has 1 unspecified atom stereocenters. The molecule has 0 radical (unpaired) electrons. The van der Waals surface area contributed by atoms with E-state index in [-0.39, 0.29) is 17.8 Å². The summed E-state index contributed by atoms with van der Waals surface area (Å²) in [6.45, 7) is 4.02. The van der Waals surface area contributed by atoms with Gasteiger partial charge in [-0.1, -0.05) is 31.8 Å². The molecule has 110 valence electrons. The lowest BCUT2D eigenvalue weighted by molar-refractivity contribution is -0.129. The largest absolute Gasteiger partial charge is 0.409 e. The van der Waals surface area contributed by atoms with Gasteiger partial charge in [-0.2, -0.15) is 11.8 Å². The summed E-state index contributed by atoms with van der Waals surface area (Å²) in [4.78, 5) is 12.6. The van der Waals surface area contributed by atoms with Crippen LogP contribution in [0.25, 0.3) is 0 Å². The Morgan fingerprint density at radius 2 is 2.11 bits per heavy atom. The average Bonchev–Trinajstić information content (AvgIpc) is 2.90. The number of rotatable bonds is 7. The molecule has 5 nitrogen and oxygen atoms in total. The van der Waals surface area contributed by atoms with Gasteiger partial charge in [0.05, 0.1) is 0 Å². The Morgan fingerprint density at radius 1 is 1.47 bits per heavy atom. The standard InChI is InChI=1S/C13H25N3O2S/c1-3-6-13(7-4-2,11(14)16-18)12(17)15-10-5-8-19-9-10/h10,18H,3-9H2,1-2H3,(H2,14,16)(H,15,17). The molecule has 0 spiro atoms. The minimum Gasteiger partial charge on any atom is -0.409 e. The molecule has 0 saturated carbocycles. The van der Waals surface area contributed by atoms with Crippen LogP contribution in [0.15, 0.2) is 5.16 Å². The lowest BCUT2D eigenvalue weighted by Crippen LogP contribution is -2.52. The first-order valence-electron chi connectivity index (χ1n) is 6.97. The lowest BCUT2D eigenvalue weighted by atomic mass is 9.77. The van der Waals surface area contributed by atoms with Gasteiger partial charge in [0.2, 0.25) is 5.91 Å². The topological polar surface area (TPSA) is 87.7 Å². The molecule has 1 aliphatic rings. The van der Waals surface area contributed by atoms with Gasteiger partial charge < -0.3 is 16.3 Å². The fraction of sp³-hybridized carbons (Fsp3) is 0.846. The highest BCUT2D eigenvalue weighted by Gasteiger charge is 2.42. The van der Waals surface area contributed by atoms with Gasteiger partial charge in [-0.15, -0.1) is 0 Å². The van der Waals surface area contributed by atoms with E-state index in [0.717, 1.165) is 30.8 Å². The van der Waals surface area contributed by atoms with Crippen molar-refractivity contribution in [2.45, 2.75) is 52.0 Å². The molecule has 0 aromatic rings. The van der Waals surface area contributed by atoms with E-state index in [4.69, 9.17) is 10.9 Å². The van der Waals surface area contributed by atoms with Crippen LogP contribution in [0.4, 0.5) is 0 Å². The van der Waals surface area contributed by atoms with Gasteiger partial charge in [-0.05, 0) is 25.0 Å². The first-order valence-corrected chi connectivity index (χ1v) is 8.12. The number of hydrogen-bond donors (Lipinski definition) is 3. The molecule has 1 fully saturated rings. The number of amidine groups is 1. The fourth-order valence-electron chi connectivity index (χ4n) is 2.65. The number of nitrogens with zero attached hydrogens (tertiary/aromatic N) is 1. The zero-order chi connectivity index (χ0) is 14.3. The number of hydrogen-bond acceptors (Lipinski definition) is 4. The van der Waals surface area contributed by atoms with Crippen LogP contribution in [0.2, 0.25) is 0 Å². The fourth-order valence-corrected chi connectivity index (χ4v) is 3.80. The third-order valence-corrected chi connectivity index (χ3v) is 4.81. The molecule has 1 aliphatic heterocycles. The number of oxime groups is 1. The van der Waals surface area contributed by atoms with Crippen molar-refractivity contribution in [3.8, 4) is 0 Å². The number of carbonyl (C=O) groups excluding carboxylic acids is 1. The number of nitrogens with one attached hydrogen (secondary N) is 1. The van der Waals surface area contributed by atoms with E-state index < -0.39 is 5.41 Å². The van der Waals surface area contributed by atoms with Crippen molar-refractivity contribution in [2.24, 2.45) is 16.3 Å². The molecule has 19 heavy (non-hydrogen) atoms. The Morgan fingerprint density at radius 3 is 2.53 bits per heavy atom.